The maximum absolute atomic E-state index is 13.4. The summed E-state index contributed by atoms with van der Waals surface area (Å²) >= 11 is 12.3. The Morgan fingerprint density at radius 2 is 1.90 bits per heavy atom. The minimum absolute atomic E-state index is 0.147. The molecule has 0 saturated heterocycles. The van der Waals surface area contributed by atoms with Gasteiger partial charge in [0, 0.05) is 17.0 Å². The van der Waals surface area contributed by atoms with E-state index in [9.17, 15) is 4.79 Å². The van der Waals surface area contributed by atoms with Gasteiger partial charge in [-0.25, -0.2) is 0 Å². The second-order valence-corrected chi connectivity index (χ2v) is 8.01. The third-order valence-corrected chi connectivity index (χ3v) is 5.44. The summed E-state index contributed by atoms with van der Waals surface area (Å²) in [4.78, 5) is 19.6. The molecule has 8 heteroatoms. The van der Waals surface area contributed by atoms with Crippen molar-refractivity contribution < 1.29 is 9.21 Å². The van der Waals surface area contributed by atoms with E-state index in [1.54, 1.807) is 23.1 Å². The van der Waals surface area contributed by atoms with Gasteiger partial charge in [-0.3, -0.25) is 9.78 Å². The van der Waals surface area contributed by atoms with E-state index in [1.807, 2.05) is 44.2 Å². The quantitative estimate of drug-likeness (QED) is 0.359. The van der Waals surface area contributed by atoms with E-state index < -0.39 is 0 Å². The van der Waals surface area contributed by atoms with Crippen molar-refractivity contribution in [2.45, 2.75) is 26.8 Å². The number of hydrogen-bond donors (Lipinski definition) is 0. The molecule has 0 bridgehead atoms. The van der Waals surface area contributed by atoms with Crippen LogP contribution < -0.4 is 0 Å². The fourth-order valence-electron chi connectivity index (χ4n) is 3.38. The van der Waals surface area contributed by atoms with Crippen molar-refractivity contribution in [3.8, 4) is 11.5 Å². The van der Waals surface area contributed by atoms with Crippen molar-refractivity contribution in [2.24, 2.45) is 0 Å². The number of fused-ring (bicyclic) bond motifs is 1. The normalized spacial score (nSPS) is 11.1. The molecule has 158 valence electrons. The summed E-state index contributed by atoms with van der Waals surface area (Å²) in [5, 5.41) is 10.1. The molecule has 0 atom stereocenters. The predicted octanol–water partition coefficient (Wildman–Crippen LogP) is 5.95. The van der Waals surface area contributed by atoms with Gasteiger partial charge in [-0.2, -0.15) is 0 Å². The van der Waals surface area contributed by atoms with Crippen LogP contribution in [0.1, 0.15) is 35.3 Å². The highest BCUT2D eigenvalue weighted by Crippen LogP contribution is 2.27. The molecule has 2 aromatic heterocycles. The molecule has 2 aromatic carbocycles. The summed E-state index contributed by atoms with van der Waals surface area (Å²) in [7, 11) is 0. The fourth-order valence-corrected chi connectivity index (χ4v) is 3.77. The SMILES string of the molecule is CCCN(Cc1nnc(-c2ccccc2Cl)o1)C(=O)c1cc2cc(Cl)ccc2nc1C. The Kier molecular flexibility index (Phi) is 6.20. The van der Waals surface area contributed by atoms with Crippen LogP contribution in [-0.4, -0.2) is 32.5 Å². The van der Waals surface area contributed by atoms with Crippen LogP contribution in [0.15, 0.2) is 52.9 Å². The molecule has 0 spiro atoms. The lowest BCUT2D eigenvalue weighted by molar-refractivity contribution is 0.0727. The molecule has 0 radical (unpaired) electrons. The summed E-state index contributed by atoms with van der Waals surface area (Å²) in [6.45, 7) is 4.56. The average Bonchev–Trinajstić information content (AvgIpc) is 3.21. The zero-order valence-electron chi connectivity index (χ0n) is 17.1. The Bertz CT molecular complexity index is 1260. The van der Waals surface area contributed by atoms with Crippen LogP contribution >= 0.6 is 23.2 Å². The van der Waals surface area contributed by atoms with Crippen molar-refractivity contribution in [1.29, 1.82) is 0 Å². The number of carbonyl (C=O) groups excluding carboxylic acids is 1. The number of nitrogens with zero attached hydrogens (tertiary/aromatic N) is 4. The van der Waals surface area contributed by atoms with Gasteiger partial charge in [-0.05, 0) is 49.7 Å². The summed E-state index contributed by atoms with van der Waals surface area (Å²) in [6, 6.07) is 14.5. The van der Waals surface area contributed by atoms with Crippen LogP contribution in [0.2, 0.25) is 10.0 Å². The first kappa shape index (κ1) is 21.3. The topological polar surface area (TPSA) is 72.1 Å². The minimum Gasteiger partial charge on any atom is -0.419 e. The predicted molar refractivity (Wildman–Crippen MR) is 121 cm³/mol. The lowest BCUT2D eigenvalue weighted by atomic mass is 10.1. The maximum Gasteiger partial charge on any atom is 0.256 e. The summed E-state index contributed by atoms with van der Waals surface area (Å²) in [6.07, 6.45) is 0.781. The number of amides is 1. The number of aryl methyl sites for hydroxylation is 1. The zero-order chi connectivity index (χ0) is 22.0. The molecule has 0 saturated carbocycles. The number of halogens is 2. The maximum atomic E-state index is 13.4. The van der Waals surface area contributed by atoms with E-state index in [4.69, 9.17) is 27.6 Å². The number of pyridine rings is 1. The van der Waals surface area contributed by atoms with Crippen molar-refractivity contribution in [3.63, 3.8) is 0 Å². The molecule has 0 fully saturated rings. The molecule has 0 N–H and O–H groups in total. The summed E-state index contributed by atoms with van der Waals surface area (Å²) in [5.74, 6) is 0.514. The molecule has 0 aliphatic heterocycles. The first-order valence-corrected chi connectivity index (χ1v) is 10.7. The first-order valence-electron chi connectivity index (χ1n) is 9.89. The van der Waals surface area contributed by atoms with Gasteiger partial charge < -0.3 is 9.32 Å². The Morgan fingerprint density at radius 3 is 2.68 bits per heavy atom. The Hall–Kier alpha value is -2.96. The van der Waals surface area contributed by atoms with Crippen LogP contribution in [0, 0.1) is 6.92 Å². The third-order valence-electron chi connectivity index (χ3n) is 4.88. The van der Waals surface area contributed by atoms with Crippen LogP contribution in [0.3, 0.4) is 0 Å². The lowest BCUT2D eigenvalue weighted by Gasteiger charge is -2.21. The van der Waals surface area contributed by atoms with Crippen molar-refractivity contribution in [2.75, 3.05) is 6.54 Å². The standard InChI is InChI=1S/C23H20Cl2N4O2/c1-3-10-29(13-21-27-28-22(31-21)17-6-4-5-7-19(17)25)23(30)18-12-15-11-16(24)8-9-20(15)26-14(18)2/h4-9,11-12H,3,10,13H2,1-2H3. The number of hydrogen-bond acceptors (Lipinski definition) is 5. The first-order chi connectivity index (χ1) is 15.0. The van der Waals surface area contributed by atoms with E-state index in [2.05, 4.69) is 15.2 Å². The summed E-state index contributed by atoms with van der Waals surface area (Å²) < 4.78 is 5.80. The van der Waals surface area contributed by atoms with Gasteiger partial charge in [0.2, 0.25) is 11.8 Å². The second-order valence-electron chi connectivity index (χ2n) is 7.17. The highest BCUT2D eigenvalue weighted by molar-refractivity contribution is 6.33. The number of aromatic nitrogens is 3. The second kappa shape index (κ2) is 9.04. The van der Waals surface area contributed by atoms with Gasteiger partial charge in [0.15, 0.2) is 0 Å². The van der Waals surface area contributed by atoms with Crippen LogP contribution in [0.5, 0.6) is 0 Å². The molecule has 2 heterocycles. The van der Waals surface area contributed by atoms with Gasteiger partial charge in [0.1, 0.15) is 0 Å². The fraction of sp³-hybridized carbons (Fsp3) is 0.217. The molecule has 0 unspecified atom stereocenters. The molecule has 6 nitrogen and oxygen atoms in total. The minimum atomic E-state index is -0.147. The highest BCUT2D eigenvalue weighted by atomic mass is 35.5. The van der Waals surface area contributed by atoms with Crippen molar-refractivity contribution >= 4 is 40.0 Å². The van der Waals surface area contributed by atoms with Crippen LogP contribution in [-0.2, 0) is 6.54 Å². The monoisotopic (exact) mass is 454 g/mol. The molecule has 1 amide bonds. The van der Waals surface area contributed by atoms with E-state index in [0.29, 0.717) is 45.2 Å². The molecule has 4 aromatic rings. The van der Waals surface area contributed by atoms with Gasteiger partial charge >= 0.3 is 0 Å². The van der Waals surface area contributed by atoms with Crippen molar-refractivity contribution in [1.82, 2.24) is 20.1 Å². The smallest absolute Gasteiger partial charge is 0.256 e. The van der Waals surface area contributed by atoms with E-state index >= 15 is 0 Å². The van der Waals surface area contributed by atoms with Gasteiger partial charge in [0.05, 0.1) is 33.9 Å². The number of rotatable bonds is 6. The summed E-state index contributed by atoms with van der Waals surface area (Å²) in [5.41, 5.74) is 2.63. The van der Waals surface area contributed by atoms with E-state index in [-0.39, 0.29) is 12.5 Å². The molecule has 0 aliphatic carbocycles. The van der Waals surface area contributed by atoms with Gasteiger partial charge in [-0.15, -0.1) is 10.2 Å². The van der Waals surface area contributed by atoms with Gasteiger partial charge in [0.25, 0.3) is 5.91 Å². The molecule has 0 aliphatic rings. The molecular formula is C23H20Cl2N4O2. The van der Waals surface area contributed by atoms with Crippen LogP contribution in [0.4, 0.5) is 0 Å². The van der Waals surface area contributed by atoms with E-state index in [1.165, 1.54) is 0 Å². The number of benzene rings is 2. The zero-order valence-corrected chi connectivity index (χ0v) is 18.6. The van der Waals surface area contributed by atoms with E-state index in [0.717, 1.165) is 17.3 Å². The van der Waals surface area contributed by atoms with Crippen LogP contribution in [0.25, 0.3) is 22.4 Å². The molecule has 31 heavy (non-hydrogen) atoms. The molecule has 4 rings (SSSR count). The largest absolute Gasteiger partial charge is 0.419 e. The van der Waals surface area contributed by atoms with Crippen molar-refractivity contribution in [3.05, 3.63) is 75.7 Å². The van der Waals surface area contributed by atoms with Gasteiger partial charge in [-0.1, -0.05) is 42.3 Å². The Labute approximate surface area is 189 Å². The third kappa shape index (κ3) is 4.55. The molecular weight excluding hydrogens is 435 g/mol. The average molecular weight is 455 g/mol. The number of carbonyl (C=O) groups is 1. The highest BCUT2D eigenvalue weighted by Gasteiger charge is 2.22. The Balaban J connectivity index is 1.62. The Morgan fingerprint density at radius 1 is 1.10 bits per heavy atom. The lowest BCUT2D eigenvalue weighted by Crippen LogP contribution is -2.32.